The number of amides is 1. The number of ether oxygens (including phenoxy) is 2. The van der Waals surface area contributed by atoms with Crippen LogP contribution in [-0.2, 0) is 4.74 Å². The van der Waals surface area contributed by atoms with Crippen molar-refractivity contribution in [2.45, 2.75) is 32.0 Å². The predicted molar refractivity (Wildman–Crippen MR) is 94.7 cm³/mol. The maximum Gasteiger partial charge on any atom is 0.410 e. The van der Waals surface area contributed by atoms with Gasteiger partial charge in [-0.15, -0.1) is 0 Å². The molecule has 2 aromatic heterocycles. The van der Waals surface area contributed by atoms with E-state index in [0.29, 0.717) is 21.3 Å². The number of likely N-dealkylation sites (tertiary alicyclic amines) is 1. The summed E-state index contributed by atoms with van der Waals surface area (Å²) in [5.74, 6) is 0.407. The van der Waals surface area contributed by atoms with Gasteiger partial charge in [-0.1, -0.05) is 0 Å². The van der Waals surface area contributed by atoms with Crippen LogP contribution in [0.15, 0.2) is 22.9 Å². The van der Waals surface area contributed by atoms with Gasteiger partial charge in [0.2, 0.25) is 0 Å². The summed E-state index contributed by atoms with van der Waals surface area (Å²) in [6, 6.07) is 3.71. The molecular formula is C17H18BrFN4O3. The number of carbonyl (C=O) groups is 1. The van der Waals surface area contributed by atoms with E-state index in [1.54, 1.807) is 33.0 Å². The summed E-state index contributed by atoms with van der Waals surface area (Å²) >= 11 is 3.37. The van der Waals surface area contributed by atoms with Crippen molar-refractivity contribution in [3.63, 3.8) is 0 Å². The third-order valence-electron chi connectivity index (χ3n) is 3.76. The number of rotatable bonds is 3. The van der Waals surface area contributed by atoms with Gasteiger partial charge in [-0.25, -0.2) is 13.7 Å². The number of fused-ring (bicyclic) bond motifs is 1. The number of alkyl halides is 1. The van der Waals surface area contributed by atoms with Gasteiger partial charge >= 0.3 is 6.09 Å². The molecule has 0 radical (unpaired) electrons. The Hall–Kier alpha value is -2.34. The number of hydrogen-bond acceptors (Lipinski definition) is 5. The van der Waals surface area contributed by atoms with Crippen LogP contribution in [0.5, 0.6) is 5.75 Å². The molecular weight excluding hydrogens is 407 g/mol. The average molecular weight is 425 g/mol. The molecule has 9 heteroatoms. The Labute approximate surface area is 158 Å². The van der Waals surface area contributed by atoms with Gasteiger partial charge in [0.15, 0.2) is 5.67 Å². The highest BCUT2D eigenvalue weighted by Crippen LogP contribution is 2.30. The molecule has 1 aliphatic rings. The van der Waals surface area contributed by atoms with Crippen LogP contribution in [-0.4, -0.2) is 51.6 Å². The van der Waals surface area contributed by atoms with Crippen molar-refractivity contribution in [2.75, 3.05) is 19.7 Å². The summed E-state index contributed by atoms with van der Waals surface area (Å²) < 4.78 is 27.5. The average Bonchev–Trinajstić information content (AvgIpc) is 2.92. The van der Waals surface area contributed by atoms with E-state index in [2.05, 4.69) is 27.1 Å². The lowest BCUT2D eigenvalue weighted by atomic mass is 9.98. The minimum absolute atomic E-state index is 0.0777. The third-order valence-corrected chi connectivity index (χ3v) is 4.36. The van der Waals surface area contributed by atoms with Gasteiger partial charge in [0.25, 0.3) is 0 Å². The van der Waals surface area contributed by atoms with Gasteiger partial charge in [0.05, 0.1) is 36.6 Å². The second kappa shape index (κ2) is 6.43. The zero-order chi connectivity index (χ0) is 19.1. The topological polar surface area (TPSA) is 79.9 Å². The zero-order valence-corrected chi connectivity index (χ0v) is 16.2. The standard InChI is InChI=1S/C17H18BrFN4O3/c1-16(2,3)26-15(24)22-8-17(19,9-22)10-25-12-4-13(18)14-11(5-20)6-21-23(14)7-12/h4,6-7H,8-10H2,1-3H3. The van der Waals surface area contributed by atoms with E-state index in [-0.39, 0.29) is 19.7 Å². The number of halogens is 2. The van der Waals surface area contributed by atoms with E-state index < -0.39 is 17.4 Å². The van der Waals surface area contributed by atoms with Gasteiger partial charge in [0.1, 0.15) is 24.0 Å². The van der Waals surface area contributed by atoms with Crippen LogP contribution >= 0.6 is 15.9 Å². The summed E-state index contributed by atoms with van der Waals surface area (Å²) in [5, 5.41) is 13.1. The van der Waals surface area contributed by atoms with Gasteiger partial charge in [-0.05, 0) is 42.8 Å². The van der Waals surface area contributed by atoms with Gasteiger partial charge in [-0.3, -0.25) is 0 Å². The van der Waals surface area contributed by atoms with E-state index in [1.165, 1.54) is 15.6 Å². The molecule has 3 heterocycles. The third kappa shape index (κ3) is 3.75. The largest absolute Gasteiger partial charge is 0.488 e. The van der Waals surface area contributed by atoms with Crippen LogP contribution in [0, 0.1) is 11.3 Å². The molecule has 0 atom stereocenters. The lowest BCUT2D eigenvalue weighted by Crippen LogP contribution is -2.64. The van der Waals surface area contributed by atoms with Crippen LogP contribution in [0.4, 0.5) is 9.18 Å². The predicted octanol–water partition coefficient (Wildman–Crippen LogP) is 3.31. The molecule has 1 saturated heterocycles. The molecule has 0 unspecified atom stereocenters. The Kier molecular flexibility index (Phi) is 4.56. The van der Waals surface area contributed by atoms with Crippen molar-refractivity contribution in [1.82, 2.24) is 14.5 Å². The number of nitriles is 1. The number of aromatic nitrogens is 2. The van der Waals surface area contributed by atoms with Crippen LogP contribution in [0.2, 0.25) is 0 Å². The van der Waals surface area contributed by atoms with Crippen LogP contribution in [0.25, 0.3) is 5.52 Å². The minimum Gasteiger partial charge on any atom is -0.488 e. The SMILES string of the molecule is CC(C)(C)OC(=O)N1CC(F)(COc2cc(Br)c3c(C#N)cnn3c2)C1. The van der Waals surface area contributed by atoms with Gasteiger partial charge < -0.3 is 14.4 Å². The molecule has 0 bridgehead atoms. The maximum absolute atomic E-state index is 14.7. The molecule has 1 aliphatic heterocycles. The van der Waals surface area contributed by atoms with E-state index in [9.17, 15) is 9.18 Å². The van der Waals surface area contributed by atoms with Gasteiger partial charge in [-0.2, -0.15) is 10.4 Å². The molecule has 26 heavy (non-hydrogen) atoms. The van der Waals surface area contributed by atoms with Crippen molar-refractivity contribution in [1.29, 1.82) is 5.26 Å². The Morgan fingerprint density at radius 1 is 1.50 bits per heavy atom. The fraction of sp³-hybridized carbons (Fsp3) is 0.471. The fourth-order valence-electron chi connectivity index (χ4n) is 2.61. The highest BCUT2D eigenvalue weighted by molar-refractivity contribution is 9.10. The van der Waals surface area contributed by atoms with Crippen molar-refractivity contribution < 1.29 is 18.7 Å². The molecule has 0 saturated carbocycles. The Morgan fingerprint density at radius 3 is 2.81 bits per heavy atom. The van der Waals surface area contributed by atoms with Crippen LogP contribution in [0.1, 0.15) is 26.3 Å². The first-order valence-electron chi connectivity index (χ1n) is 7.97. The summed E-state index contributed by atoms with van der Waals surface area (Å²) in [5.41, 5.74) is -1.19. The van der Waals surface area contributed by atoms with Crippen molar-refractivity contribution >= 4 is 27.5 Å². The highest BCUT2D eigenvalue weighted by Gasteiger charge is 2.48. The first kappa shape index (κ1) is 18.5. The Morgan fingerprint density at radius 2 is 2.19 bits per heavy atom. The lowest BCUT2D eigenvalue weighted by Gasteiger charge is -2.43. The van der Waals surface area contributed by atoms with E-state index in [4.69, 9.17) is 14.7 Å². The van der Waals surface area contributed by atoms with Gasteiger partial charge in [0, 0.05) is 4.47 Å². The number of carbonyl (C=O) groups excluding carboxylic acids is 1. The minimum atomic E-state index is -1.62. The molecule has 0 aromatic carbocycles. The zero-order valence-electron chi connectivity index (χ0n) is 14.6. The Balaban J connectivity index is 1.61. The highest BCUT2D eigenvalue weighted by atomic mass is 79.9. The fourth-order valence-corrected chi connectivity index (χ4v) is 3.23. The van der Waals surface area contributed by atoms with Crippen LogP contribution < -0.4 is 4.74 Å². The van der Waals surface area contributed by atoms with E-state index >= 15 is 0 Å². The van der Waals surface area contributed by atoms with Crippen molar-refractivity contribution in [3.8, 4) is 11.8 Å². The van der Waals surface area contributed by atoms with E-state index in [1.807, 2.05) is 0 Å². The first-order chi connectivity index (χ1) is 12.1. The molecule has 1 amide bonds. The summed E-state index contributed by atoms with van der Waals surface area (Å²) in [7, 11) is 0. The molecule has 0 spiro atoms. The normalized spacial score (nSPS) is 16.1. The van der Waals surface area contributed by atoms with Crippen molar-refractivity contribution in [2.24, 2.45) is 0 Å². The number of nitrogens with zero attached hydrogens (tertiary/aromatic N) is 4. The molecule has 2 aromatic rings. The van der Waals surface area contributed by atoms with Crippen LogP contribution in [0.3, 0.4) is 0 Å². The monoisotopic (exact) mass is 424 g/mol. The Bertz CT molecular complexity index is 894. The van der Waals surface area contributed by atoms with Crippen molar-refractivity contribution in [3.05, 3.63) is 28.5 Å². The molecule has 3 rings (SSSR count). The maximum atomic E-state index is 14.7. The number of pyridine rings is 1. The van der Waals surface area contributed by atoms with E-state index in [0.717, 1.165) is 0 Å². The molecule has 138 valence electrons. The number of hydrogen-bond donors (Lipinski definition) is 0. The molecule has 0 aliphatic carbocycles. The smallest absolute Gasteiger partial charge is 0.410 e. The molecule has 0 N–H and O–H groups in total. The second-order valence-electron chi connectivity index (χ2n) is 7.26. The molecule has 1 fully saturated rings. The quantitative estimate of drug-likeness (QED) is 0.754. The summed E-state index contributed by atoms with van der Waals surface area (Å²) in [6.45, 7) is 4.93. The summed E-state index contributed by atoms with van der Waals surface area (Å²) in [6.07, 6.45) is 2.50. The summed E-state index contributed by atoms with van der Waals surface area (Å²) in [4.78, 5) is 13.2. The first-order valence-corrected chi connectivity index (χ1v) is 8.76. The lowest BCUT2D eigenvalue weighted by molar-refractivity contribution is -0.0686. The molecule has 7 nitrogen and oxygen atoms in total. The second-order valence-corrected chi connectivity index (χ2v) is 8.12.